The van der Waals surface area contributed by atoms with Crippen LogP contribution in [0.2, 0.25) is 5.02 Å². The van der Waals surface area contributed by atoms with Gasteiger partial charge in [-0.05, 0) is 48.7 Å². The zero-order valence-corrected chi connectivity index (χ0v) is 19.0. The summed E-state index contributed by atoms with van der Waals surface area (Å²) in [5.41, 5.74) is 2.23. The minimum atomic E-state index is -0.721. The number of halogens is 1. The summed E-state index contributed by atoms with van der Waals surface area (Å²) in [5, 5.41) is 11.7. The Balaban J connectivity index is 1.78. The normalized spacial score (nSPS) is 17.4. The average molecular weight is 462 g/mol. The summed E-state index contributed by atoms with van der Waals surface area (Å²) in [6, 6.07) is 22.9. The predicted molar refractivity (Wildman–Crippen MR) is 128 cm³/mol. The van der Waals surface area contributed by atoms with Crippen molar-refractivity contribution in [1.82, 2.24) is 4.90 Å². The first-order chi connectivity index (χ1) is 16.0. The summed E-state index contributed by atoms with van der Waals surface area (Å²) >= 11 is 6.07. The topological polar surface area (TPSA) is 66.8 Å². The number of hydrogen-bond donors (Lipinski definition) is 1. The third-order valence-corrected chi connectivity index (χ3v) is 5.88. The molecule has 1 unspecified atom stereocenters. The van der Waals surface area contributed by atoms with E-state index in [9.17, 15) is 14.7 Å². The highest BCUT2D eigenvalue weighted by Crippen LogP contribution is 2.40. The molecule has 1 saturated heterocycles. The van der Waals surface area contributed by atoms with Crippen LogP contribution < -0.4 is 4.74 Å². The lowest BCUT2D eigenvalue weighted by Gasteiger charge is -2.25. The summed E-state index contributed by atoms with van der Waals surface area (Å²) in [6.07, 6.45) is 0.581. The van der Waals surface area contributed by atoms with Crippen molar-refractivity contribution in [3.8, 4) is 5.75 Å². The molecule has 1 fully saturated rings. The third-order valence-electron chi connectivity index (χ3n) is 5.63. The Hall–Kier alpha value is -3.57. The summed E-state index contributed by atoms with van der Waals surface area (Å²) in [4.78, 5) is 27.7. The molecular formula is C27H24ClNO4. The number of amides is 1. The lowest BCUT2D eigenvalue weighted by molar-refractivity contribution is -0.139. The van der Waals surface area contributed by atoms with Crippen LogP contribution in [-0.2, 0) is 16.0 Å². The van der Waals surface area contributed by atoms with E-state index in [1.165, 1.54) is 4.90 Å². The summed E-state index contributed by atoms with van der Waals surface area (Å²) < 4.78 is 5.53. The molecule has 1 heterocycles. The van der Waals surface area contributed by atoms with E-state index in [0.717, 1.165) is 5.56 Å². The van der Waals surface area contributed by atoms with Crippen LogP contribution in [0.5, 0.6) is 5.75 Å². The van der Waals surface area contributed by atoms with Gasteiger partial charge in [-0.1, -0.05) is 66.2 Å². The molecule has 3 aromatic rings. The summed E-state index contributed by atoms with van der Waals surface area (Å²) in [7, 11) is 0. The van der Waals surface area contributed by atoms with Gasteiger partial charge in [0.2, 0.25) is 0 Å². The fourth-order valence-electron chi connectivity index (χ4n) is 4.05. The Labute approximate surface area is 197 Å². The molecule has 0 bridgehead atoms. The Morgan fingerprint density at radius 3 is 2.42 bits per heavy atom. The minimum absolute atomic E-state index is 0.0593. The number of benzene rings is 3. The first kappa shape index (κ1) is 22.6. The Morgan fingerprint density at radius 2 is 1.73 bits per heavy atom. The van der Waals surface area contributed by atoms with E-state index >= 15 is 0 Å². The number of nitrogens with zero attached hydrogens (tertiary/aromatic N) is 1. The number of carbonyl (C=O) groups excluding carboxylic acids is 2. The lowest BCUT2D eigenvalue weighted by atomic mass is 9.95. The minimum Gasteiger partial charge on any atom is -0.507 e. The Kier molecular flexibility index (Phi) is 6.80. The van der Waals surface area contributed by atoms with Gasteiger partial charge in [-0.15, -0.1) is 0 Å². The molecule has 3 aromatic carbocycles. The number of hydrogen-bond acceptors (Lipinski definition) is 4. The lowest BCUT2D eigenvalue weighted by Crippen LogP contribution is -2.31. The number of aliphatic hydroxyl groups excluding tert-OH is 1. The first-order valence-electron chi connectivity index (χ1n) is 10.8. The Bertz CT molecular complexity index is 1190. The maximum Gasteiger partial charge on any atom is 0.295 e. The van der Waals surface area contributed by atoms with Crippen molar-refractivity contribution in [2.75, 3.05) is 13.2 Å². The number of likely N-dealkylation sites (tertiary alicyclic amines) is 1. The van der Waals surface area contributed by atoms with Crippen LogP contribution in [0, 0.1) is 0 Å². The van der Waals surface area contributed by atoms with Crippen LogP contribution in [0.4, 0.5) is 0 Å². The number of carbonyl (C=O) groups is 2. The molecule has 1 N–H and O–H groups in total. The second-order valence-electron chi connectivity index (χ2n) is 7.74. The molecule has 1 aliphatic rings. The van der Waals surface area contributed by atoms with Crippen molar-refractivity contribution in [3.05, 3.63) is 106 Å². The van der Waals surface area contributed by atoms with Gasteiger partial charge in [0.1, 0.15) is 11.5 Å². The molecule has 0 spiro atoms. The van der Waals surface area contributed by atoms with Crippen molar-refractivity contribution in [2.45, 2.75) is 19.4 Å². The second kappa shape index (κ2) is 9.92. The summed E-state index contributed by atoms with van der Waals surface area (Å²) in [5.74, 6) is -0.990. The van der Waals surface area contributed by atoms with Gasteiger partial charge in [0.25, 0.3) is 11.7 Å². The van der Waals surface area contributed by atoms with Gasteiger partial charge in [-0.3, -0.25) is 9.59 Å². The maximum absolute atomic E-state index is 13.1. The standard InChI is InChI=1S/C27H24ClNO4/c1-2-33-22-10-6-9-20(17-22)25(30)23-24(19-11-13-21(28)14-12-19)29(27(32)26(23)31)16-15-18-7-4-3-5-8-18/h3-14,17,24,30H,2,15-16H2,1H3/b25-23+. The summed E-state index contributed by atoms with van der Waals surface area (Å²) in [6.45, 7) is 2.67. The molecule has 168 valence electrons. The number of Topliss-reactive ketones (excluding diaryl/α,β-unsaturated/α-hetero) is 1. The van der Waals surface area contributed by atoms with Crippen molar-refractivity contribution in [3.63, 3.8) is 0 Å². The van der Waals surface area contributed by atoms with E-state index in [4.69, 9.17) is 16.3 Å². The van der Waals surface area contributed by atoms with Gasteiger partial charge in [-0.25, -0.2) is 0 Å². The zero-order valence-electron chi connectivity index (χ0n) is 18.2. The molecule has 0 aliphatic carbocycles. The molecule has 33 heavy (non-hydrogen) atoms. The molecule has 1 aliphatic heterocycles. The largest absolute Gasteiger partial charge is 0.507 e. The van der Waals surface area contributed by atoms with E-state index in [-0.39, 0.29) is 11.3 Å². The van der Waals surface area contributed by atoms with E-state index in [2.05, 4.69) is 0 Å². The van der Waals surface area contributed by atoms with Crippen LogP contribution in [0.3, 0.4) is 0 Å². The van der Waals surface area contributed by atoms with E-state index < -0.39 is 17.7 Å². The van der Waals surface area contributed by atoms with Gasteiger partial charge in [-0.2, -0.15) is 0 Å². The molecule has 5 nitrogen and oxygen atoms in total. The monoisotopic (exact) mass is 461 g/mol. The van der Waals surface area contributed by atoms with Gasteiger partial charge < -0.3 is 14.7 Å². The molecule has 0 radical (unpaired) electrons. The zero-order chi connectivity index (χ0) is 23.4. The number of aliphatic hydroxyl groups is 1. The highest BCUT2D eigenvalue weighted by molar-refractivity contribution is 6.46. The molecule has 6 heteroatoms. The number of rotatable bonds is 7. The van der Waals surface area contributed by atoms with Crippen molar-refractivity contribution >= 4 is 29.1 Å². The highest BCUT2D eigenvalue weighted by atomic mass is 35.5. The number of ether oxygens (including phenoxy) is 1. The van der Waals surface area contributed by atoms with Gasteiger partial charge in [0.05, 0.1) is 18.2 Å². The third kappa shape index (κ3) is 4.78. The fourth-order valence-corrected chi connectivity index (χ4v) is 4.18. The predicted octanol–water partition coefficient (Wildman–Crippen LogP) is 5.40. The molecule has 0 saturated carbocycles. The van der Waals surface area contributed by atoms with Crippen LogP contribution in [0.15, 0.2) is 84.4 Å². The molecule has 0 aromatic heterocycles. The van der Waals surface area contributed by atoms with Crippen molar-refractivity contribution in [1.29, 1.82) is 0 Å². The van der Waals surface area contributed by atoms with Gasteiger partial charge in [0, 0.05) is 17.1 Å². The maximum atomic E-state index is 13.1. The molecular weight excluding hydrogens is 438 g/mol. The van der Waals surface area contributed by atoms with Crippen molar-refractivity contribution < 1.29 is 19.4 Å². The average Bonchev–Trinajstić information content (AvgIpc) is 3.08. The van der Waals surface area contributed by atoms with E-state index in [1.54, 1.807) is 48.5 Å². The SMILES string of the molecule is CCOc1cccc(/C(O)=C2\C(=O)C(=O)N(CCc3ccccc3)C2c2ccc(Cl)cc2)c1. The highest BCUT2D eigenvalue weighted by Gasteiger charge is 2.45. The second-order valence-corrected chi connectivity index (χ2v) is 8.18. The molecule has 4 rings (SSSR count). The van der Waals surface area contributed by atoms with E-state index in [1.807, 2.05) is 37.3 Å². The van der Waals surface area contributed by atoms with Gasteiger partial charge in [0.15, 0.2) is 0 Å². The van der Waals surface area contributed by atoms with Crippen molar-refractivity contribution in [2.24, 2.45) is 0 Å². The fraction of sp³-hybridized carbons (Fsp3) is 0.185. The van der Waals surface area contributed by atoms with Crippen LogP contribution in [0.25, 0.3) is 5.76 Å². The van der Waals surface area contributed by atoms with Crippen LogP contribution >= 0.6 is 11.6 Å². The quantitative estimate of drug-likeness (QED) is 0.290. The molecule has 1 amide bonds. The van der Waals surface area contributed by atoms with E-state index in [0.29, 0.717) is 41.5 Å². The first-order valence-corrected chi connectivity index (χ1v) is 11.2. The smallest absolute Gasteiger partial charge is 0.295 e. The van der Waals surface area contributed by atoms with Gasteiger partial charge >= 0.3 is 0 Å². The molecule has 1 atom stereocenters. The Morgan fingerprint density at radius 1 is 1.00 bits per heavy atom. The van der Waals surface area contributed by atoms with Crippen LogP contribution in [0.1, 0.15) is 29.7 Å². The number of ketones is 1. The van der Waals surface area contributed by atoms with Crippen LogP contribution in [-0.4, -0.2) is 34.8 Å².